The number of carbonyl (C=O) groups is 2. The van der Waals surface area contributed by atoms with E-state index in [9.17, 15) is 9.59 Å². The summed E-state index contributed by atoms with van der Waals surface area (Å²) in [5.74, 6) is 0.551. The molecule has 92 valence electrons. The van der Waals surface area contributed by atoms with Crippen molar-refractivity contribution in [2.24, 2.45) is 0 Å². The maximum Gasteiger partial charge on any atom is 0.167 e. The van der Waals surface area contributed by atoms with E-state index in [1.54, 1.807) is 0 Å². The summed E-state index contributed by atoms with van der Waals surface area (Å²) in [6.07, 6.45) is 2.80. The third kappa shape index (κ3) is 2.65. The minimum atomic E-state index is 0.200. The minimum absolute atomic E-state index is 0.200. The van der Waals surface area contributed by atoms with Crippen molar-refractivity contribution in [1.29, 1.82) is 0 Å². The molecule has 0 amide bonds. The Morgan fingerprint density at radius 2 is 1.56 bits per heavy atom. The van der Waals surface area contributed by atoms with Gasteiger partial charge >= 0.3 is 0 Å². The van der Waals surface area contributed by atoms with Gasteiger partial charge in [0.2, 0.25) is 0 Å². The molecule has 2 aliphatic rings. The lowest BCUT2D eigenvalue weighted by Crippen LogP contribution is -1.88. The highest BCUT2D eigenvalue weighted by molar-refractivity contribution is 6.11. The predicted molar refractivity (Wildman–Crippen MR) is 72.4 cm³/mol. The van der Waals surface area contributed by atoms with E-state index in [-0.39, 0.29) is 5.78 Å². The van der Waals surface area contributed by atoms with E-state index in [2.05, 4.69) is 13.2 Å². The molecule has 0 saturated heterocycles. The van der Waals surface area contributed by atoms with Crippen LogP contribution in [0.25, 0.3) is 5.57 Å². The monoisotopic (exact) mass is 240 g/mol. The van der Waals surface area contributed by atoms with Crippen LogP contribution in [0.5, 0.6) is 0 Å². The summed E-state index contributed by atoms with van der Waals surface area (Å²) >= 11 is 0. The lowest BCUT2D eigenvalue weighted by Gasteiger charge is -1.94. The van der Waals surface area contributed by atoms with Gasteiger partial charge in [-0.15, -0.1) is 0 Å². The quantitative estimate of drug-likeness (QED) is 0.649. The molecule has 0 heterocycles. The molecule has 0 radical (unpaired) electrons. The van der Waals surface area contributed by atoms with Crippen LogP contribution < -0.4 is 0 Å². The Hall–Kier alpha value is -1.96. The summed E-state index contributed by atoms with van der Waals surface area (Å²) in [5.41, 5.74) is 3.91. The Morgan fingerprint density at radius 3 is 2.00 bits per heavy atom. The van der Waals surface area contributed by atoms with Gasteiger partial charge in [0, 0.05) is 24.8 Å². The van der Waals surface area contributed by atoms with E-state index in [0.29, 0.717) is 18.6 Å². The zero-order valence-corrected chi connectivity index (χ0v) is 10.4. The molecule has 2 nitrogen and oxygen atoms in total. The second-order valence-electron chi connectivity index (χ2n) is 4.71. The van der Waals surface area contributed by atoms with Gasteiger partial charge in [-0.2, -0.15) is 0 Å². The molecule has 0 N–H and O–H groups in total. The molecule has 0 bridgehead atoms. The molecular formula is C16H16O2. The normalized spacial score (nSPS) is 17.6. The van der Waals surface area contributed by atoms with Crippen LogP contribution in [-0.4, -0.2) is 11.6 Å². The number of allylic oxidation sites excluding steroid dienone is 2. The first-order valence-electron chi connectivity index (χ1n) is 6.06. The van der Waals surface area contributed by atoms with E-state index in [1.165, 1.54) is 0 Å². The number of fused-ring (bicyclic) bond motifs is 1. The van der Waals surface area contributed by atoms with Gasteiger partial charge in [0.15, 0.2) is 5.78 Å². The standard InChI is InChI=1S/C10H8O.C6H8O/c1-7-6-10(11)9-5-3-2-4-8(7)9;1-5-2-3-6(7)4-5/h2-5H,1,6H2;1-4H2. The van der Waals surface area contributed by atoms with Crippen LogP contribution in [0, 0.1) is 0 Å². The maximum absolute atomic E-state index is 11.2. The summed E-state index contributed by atoms with van der Waals surface area (Å²) in [4.78, 5) is 21.6. The summed E-state index contributed by atoms with van der Waals surface area (Å²) in [6, 6.07) is 7.62. The lowest BCUT2D eigenvalue weighted by molar-refractivity contribution is -0.117. The Morgan fingerprint density at radius 1 is 0.889 bits per heavy atom. The first-order valence-corrected chi connectivity index (χ1v) is 6.06. The SMILES string of the molecule is C=C1CC(=O)c2ccccc21.C=C1CCC(=O)C1. The summed E-state index contributed by atoms with van der Waals surface area (Å²) in [7, 11) is 0. The van der Waals surface area contributed by atoms with Crippen molar-refractivity contribution in [2.75, 3.05) is 0 Å². The van der Waals surface area contributed by atoms with Gasteiger partial charge in [0.1, 0.15) is 5.78 Å². The molecule has 0 unspecified atom stereocenters. The fourth-order valence-electron chi connectivity index (χ4n) is 2.19. The molecule has 18 heavy (non-hydrogen) atoms. The number of Topliss-reactive ketones (excluding diaryl/α,β-unsaturated/α-hetero) is 2. The molecule has 0 atom stereocenters. The topological polar surface area (TPSA) is 34.1 Å². The van der Waals surface area contributed by atoms with E-state index in [4.69, 9.17) is 0 Å². The Bertz CT molecular complexity index is 491. The van der Waals surface area contributed by atoms with Crippen LogP contribution in [-0.2, 0) is 4.79 Å². The number of rotatable bonds is 0. The molecule has 1 fully saturated rings. The van der Waals surface area contributed by atoms with E-state index >= 15 is 0 Å². The van der Waals surface area contributed by atoms with E-state index in [0.717, 1.165) is 35.1 Å². The van der Waals surface area contributed by atoms with Gasteiger partial charge in [-0.3, -0.25) is 9.59 Å². The predicted octanol–water partition coefficient (Wildman–Crippen LogP) is 3.58. The summed E-state index contributed by atoms with van der Waals surface area (Å²) in [6.45, 7) is 7.51. The van der Waals surface area contributed by atoms with Crippen molar-refractivity contribution in [3.8, 4) is 0 Å². The highest BCUT2D eigenvalue weighted by atomic mass is 16.1. The Balaban J connectivity index is 0.000000149. The highest BCUT2D eigenvalue weighted by Gasteiger charge is 2.21. The van der Waals surface area contributed by atoms with Crippen LogP contribution in [0.15, 0.2) is 43.0 Å². The summed E-state index contributed by atoms with van der Waals surface area (Å²) < 4.78 is 0. The zero-order chi connectivity index (χ0) is 13.1. The molecular weight excluding hydrogens is 224 g/mol. The molecule has 0 aromatic heterocycles. The number of benzene rings is 1. The average Bonchev–Trinajstić information content (AvgIpc) is 2.85. The molecule has 2 aliphatic carbocycles. The Labute approximate surface area is 107 Å². The number of ketones is 2. The minimum Gasteiger partial charge on any atom is -0.299 e. The third-order valence-corrected chi connectivity index (χ3v) is 3.19. The van der Waals surface area contributed by atoms with E-state index in [1.807, 2.05) is 24.3 Å². The van der Waals surface area contributed by atoms with Crippen LogP contribution in [0.4, 0.5) is 0 Å². The fourth-order valence-corrected chi connectivity index (χ4v) is 2.19. The molecule has 1 aromatic carbocycles. The third-order valence-electron chi connectivity index (χ3n) is 3.19. The molecule has 3 rings (SSSR count). The molecule has 0 spiro atoms. The zero-order valence-electron chi connectivity index (χ0n) is 10.4. The highest BCUT2D eigenvalue weighted by Crippen LogP contribution is 2.29. The van der Waals surface area contributed by atoms with E-state index < -0.39 is 0 Å². The largest absolute Gasteiger partial charge is 0.299 e. The van der Waals surface area contributed by atoms with Crippen molar-refractivity contribution < 1.29 is 9.59 Å². The van der Waals surface area contributed by atoms with Crippen molar-refractivity contribution in [1.82, 2.24) is 0 Å². The first kappa shape index (κ1) is 12.5. The first-order chi connectivity index (χ1) is 8.58. The summed E-state index contributed by atoms with van der Waals surface area (Å²) in [5, 5.41) is 0. The van der Waals surface area contributed by atoms with Crippen molar-refractivity contribution in [2.45, 2.75) is 25.7 Å². The Kier molecular flexibility index (Phi) is 3.56. The molecule has 1 saturated carbocycles. The number of hydrogen-bond donors (Lipinski definition) is 0. The maximum atomic E-state index is 11.2. The van der Waals surface area contributed by atoms with Gasteiger partial charge in [0.25, 0.3) is 0 Å². The van der Waals surface area contributed by atoms with Gasteiger partial charge in [0.05, 0.1) is 0 Å². The van der Waals surface area contributed by atoms with Gasteiger partial charge < -0.3 is 0 Å². The van der Waals surface area contributed by atoms with Crippen LogP contribution >= 0.6 is 0 Å². The van der Waals surface area contributed by atoms with Crippen LogP contribution in [0.3, 0.4) is 0 Å². The molecule has 1 aromatic rings. The fraction of sp³-hybridized carbons (Fsp3) is 0.250. The second-order valence-corrected chi connectivity index (χ2v) is 4.71. The molecule has 0 aliphatic heterocycles. The van der Waals surface area contributed by atoms with Crippen LogP contribution in [0.1, 0.15) is 41.6 Å². The molecule has 2 heteroatoms. The van der Waals surface area contributed by atoms with Crippen molar-refractivity contribution in [3.05, 3.63) is 54.1 Å². The van der Waals surface area contributed by atoms with Gasteiger partial charge in [-0.1, -0.05) is 43.0 Å². The van der Waals surface area contributed by atoms with Crippen molar-refractivity contribution >= 4 is 17.1 Å². The lowest BCUT2D eigenvalue weighted by atomic mass is 10.1. The number of carbonyl (C=O) groups excluding carboxylic acids is 2. The second kappa shape index (κ2) is 5.13. The average molecular weight is 240 g/mol. The van der Waals surface area contributed by atoms with Crippen molar-refractivity contribution in [3.63, 3.8) is 0 Å². The van der Waals surface area contributed by atoms with Gasteiger partial charge in [-0.05, 0) is 17.6 Å². The van der Waals surface area contributed by atoms with Gasteiger partial charge in [-0.25, -0.2) is 0 Å². The smallest absolute Gasteiger partial charge is 0.167 e. The van der Waals surface area contributed by atoms with Crippen LogP contribution in [0.2, 0.25) is 0 Å². The number of hydrogen-bond acceptors (Lipinski definition) is 2.